The van der Waals surface area contributed by atoms with E-state index >= 15 is 0 Å². The summed E-state index contributed by atoms with van der Waals surface area (Å²) < 4.78 is 12.3. The normalized spacial score (nSPS) is 15.1. The van der Waals surface area contributed by atoms with Crippen molar-refractivity contribution in [1.29, 1.82) is 0 Å². The molecular formula is C22H16INO3. The Labute approximate surface area is 170 Å². The number of aliphatic imine (C=N–C) groups is 1. The van der Waals surface area contributed by atoms with E-state index in [9.17, 15) is 4.79 Å². The molecule has 1 heterocycles. The predicted molar refractivity (Wildman–Crippen MR) is 115 cm³/mol. The molecule has 0 aliphatic carbocycles. The van der Waals surface area contributed by atoms with Gasteiger partial charge < -0.3 is 9.47 Å². The molecule has 134 valence electrons. The summed E-state index contributed by atoms with van der Waals surface area (Å²) in [6.07, 6.45) is 1.75. The summed E-state index contributed by atoms with van der Waals surface area (Å²) >= 11 is 2.23. The molecule has 0 radical (unpaired) electrons. The van der Waals surface area contributed by atoms with E-state index in [1.54, 1.807) is 6.08 Å². The number of benzene rings is 3. The molecule has 3 aromatic carbocycles. The minimum Gasteiger partial charge on any atom is -0.493 e. The molecule has 0 unspecified atom stereocenters. The maximum atomic E-state index is 12.4. The van der Waals surface area contributed by atoms with Crippen molar-refractivity contribution < 1.29 is 14.3 Å². The van der Waals surface area contributed by atoms with Gasteiger partial charge in [0.2, 0.25) is 5.90 Å². The van der Waals surface area contributed by atoms with Crippen LogP contribution in [0.25, 0.3) is 16.8 Å². The van der Waals surface area contributed by atoms with E-state index in [0.717, 1.165) is 31.2 Å². The molecule has 4 rings (SSSR count). The van der Waals surface area contributed by atoms with Crippen LogP contribution in [0.4, 0.5) is 0 Å². The smallest absolute Gasteiger partial charge is 0.363 e. The van der Waals surface area contributed by atoms with Crippen molar-refractivity contribution in [3.05, 3.63) is 81.1 Å². The van der Waals surface area contributed by atoms with E-state index in [1.165, 1.54) is 0 Å². The van der Waals surface area contributed by atoms with Crippen LogP contribution in [0.2, 0.25) is 0 Å². The van der Waals surface area contributed by atoms with Crippen LogP contribution < -0.4 is 4.74 Å². The summed E-state index contributed by atoms with van der Waals surface area (Å²) in [5, 5.41) is 2.07. The number of rotatable bonds is 4. The van der Waals surface area contributed by atoms with Gasteiger partial charge in [-0.3, -0.25) is 0 Å². The van der Waals surface area contributed by atoms with E-state index in [-0.39, 0.29) is 5.70 Å². The minimum atomic E-state index is -0.459. The first-order chi connectivity index (χ1) is 13.2. The second kappa shape index (κ2) is 7.52. The lowest BCUT2D eigenvalue weighted by Crippen LogP contribution is -2.05. The second-order valence-corrected chi connectivity index (χ2v) is 7.22. The van der Waals surface area contributed by atoms with E-state index in [2.05, 4.69) is 27.6 Å². The van der Waals surface area contributed by atoms with Crippen LogP contribution in [0.5, 0.6) is 5.75 Å². The van der Waals surface area contributed by atoms with Gasteiger partial charge in [-0.05, 0) is 76.7 Å². The number of esters is 1. The van der Waals surface area contributed by atoms with Crippen LogP contribution in [0.1, 0.15) is 18.1 Å². The van der Waals surface area contributed by atoms with Gasteiger partial charge in [-0.25, -0.2) is 9.79 Å². The van der Waals surface area contributed by atoms with Crippen molar-refractivity contribution in [2.45, 2.75) is 6.92 Å². The summed E-state index contributed by atoms with van der Waals surface area (Å²) in [6.45, 7) is 2.47. The molecule has 0 atom stereocenters. The average Bonchev–Trinajstić information content (AvgIpc) is 3.05. The molecule has 0 spiro atoms. The molecule has 4 nitrogen and oxygen atoms in total. The van der Waals surface area contributed by atoms with E-state index in [0.29, 0.717) is 12.5 Å². The van der Waals surface area contributed by atoms with Gasteiger partial charge in [-0.2, -0.15) is 0 Å². The summed E-state index contributed by atoms with van der Waals surface area (Å²) in [6, 6.07) is 19.6. The van der Waals surface area contributed by atoms with Gasteiger partial charge in [0.25, 0.3) is 0 Å². The Morgan fingerprint density at radius 2 is 1.85 bits per heavy atom. The number of nitrogens with zero attached hydrogens (tertiary/aromatic N) is 1. The number of hydrogen-bond donors (Lipinski definition) is 0. The third-order valence-corrected chi connectivity index (χ3v) is 4.94. The molecule has 27 heavy (non-hydrogen) atoms. The molecule has 3 aromatic rings. The van der Waals surface area contributed by atoms with Crippen LogP contribution in [0.15, 0.2) is 71.4 Å². The zero-order valence-corrected chi connectivity index (χ0v) is 16.8. The fourth-order valence-corrected chi connectivity index (χ4v) is 3.33. The Morgan fingerprint density at radius 3 is 2.63 bits per heavy atom. The largest absolute Gasteiger partial charge is 0.493 e. The maximum Gasteiger partial charge on any atom is 0.363 e. The van der Waals surface area contributed by atoms with Gasteiger partial charge in [-0.1, -0.05) is 30.3 Å². The Bertz CT molecular complexity index is 1080. The topological polar surface area (TPSA) is 47.9 Å². The van der Waals surface area contributed by atoms with E-state index < -0.39 is 5.97 Å². The van der Waals surface area contributed by atoms with Gasteiger partial charge >= 0.3 is 5.97 Å². The van der Waals surface area contributed by atoms with Gasteiger partial charge in [0, 0.05) is 14.7 Å². The van der Waals surface area contributed by atoms with Gasteiger partial charge in [-0.15, -0.1) is 0 Å². The lowest BCUT2D eigenvalue weighted by atomic mass is 10.0. The lowest BCUT2D eigenvalue weighted by molar-refractivity contribution is -0.129. The SMILES string of the molecule is CCOc1ccc2ccccc2c1/C=C1\N=C(c2ccc(I)cc2)OC1=O. The number of carbonyl (C=O) groups is 1. The van der Waals surface area contributed by atoms with Crippen molar-refractivity contribution in [2.75, 3.05) is 6.61 Å². The Morgan fingerprint density at radius 1 is 1.07 bits per heavy atom. The van der Waals surface area contributed by atoms with Crippen LogP contribution >= 0.6 is 22.6 Å². The molecule has 0 saturated heterocycles. The number of ether oxygens (including phenoxy) is 2. The molecule has 5 heteroatoms. The van der Waals surface area contributed by atoms with Crippen molar-refractivity contribution >= 4 is 51.3 Å². The number of carbonyl (C=O) groups excluding carboxylic acids is 1. The number of halogens is 1. The van der Waals surface area contributed by atoms with Gasteiger partial charge in [0.1, 0.15) is 5.75 Å². The molecule has 0 saturated carbocycles. The second-order valence-electron chi connectivity index (χ2n) is 5.97. The van der Waals surface area contributed by atoms with Crippen molar-refractivity contribution in [1.82, 2.24) is 0 Å². The first-order valence-electron chi connectivity index (χ1n) is 8.59. The van der Waals surface area contributed by atoms with E-state index in [4.69, 9.17) is 9.47 Å². The summed E-state index contributed by atoms with van der Waals surface area (Å²) in [5.41, 5.74) is 1.87. The monoisotopic (exact) mass is 469 g/mol. The minimum absolute atomic E-state index is 0.265. The summed E-state index contributed by atoms with van der Waals surface area (Å²) in [5.74, 6) is 0.578. The first-order valence-corrected chi connectivity index (χ1v) is 9.66. The van der Waals surface area contributed by atoms with Crippen LogP contribution in [-0.4, -0.2) is 18.5 Å². The molecule has 0 fully saturated rings. The highest BCUT2D eigenvalue weighted by Gasteiger charge is 2.25. The highest BCUT2D eigenvalue weighted by molar-refractivity contribution is 14.1. The lowest BCUT2D eigenvalue weighted by Gasteiger charge is -2.10. The fraction of sp³-hybridized carbons (Fsp3) is 0.0909. The molecule has 0 amide bonds. The van der Waals surface area contributed by atoms with Crippen molar-refractivity contribution in [2.24, 2.45) is 4.99 Å². The fourth-order valence-electron chi connectivity index (χ4n) is 2.97. The molecule has 0 bridgehead atoms. The highest BCUT2D eigenvalue weighted by atomic mass is 127. The molecule has 0 aromatic heterocycles. The molecular weight excluding hydrogens is 453 g/mol. The summed E-state index contributed by atoms with van der Waals surface area (Å²) in [4.78, 5) is 16.8. The van der Waals surface area contributed by atoms with Crippen LogP contribution in [-0.2, 0) is 9.53 Å². The average molecular weight is 469 g/mol. The zero-order valence-electron chi connectivity index (χ0n) is 14.6. The van der Waals surface area contributed by atoms with Gasteiger partial charge in [0.05, 0.1) is 6.61 Å². The standard InChI is InChI=1S/C22H16INO3/c1-2-26-20-12-9-14-5-3-4-6-17(14)18(20)13-19-22(25)27-21(24-19)15-7-10-16(23)11-8-15/h3-13H,2H2,1H3/b19-13-. The predicted octanol–water partition coefficient (Wildman–Crippen LogP) is 5.19. The highest BCUT2D eigenvalue weighted by Crippen LogP contribution is 2.31. The molecule has 1 aliphatic rings. The molecule has 1 aliphatic heterocycles. The number of hydrogen-bond acceptors (Lipinski definition) is 4. The van der Waals surface area contributed by atoms with Crippen molar-refractivity contribution in [3.63, 3.8) is 0 Å². The Kier molecular flexibility index (Phi) is 4.94. The Hall–Kier alpha value is -2.67. The molecule has 0 N–H and O–H groups in total. The Balaban J connectivity index is 1.82. The van der Waals surface area contributed by atoms with Gasteiger partial charge in [0.15, 0.2) is 5.70 Å². The van der Waals surface area contributed by atoms with Crippen LogP contribution in [0.3, 0.4) is 0 Å². The quantitative estimate of drug-likeness (QED) is 0.300. The summed E-state index contributed by atoms with van der Waals surface area (Å²) in [7, 11) is 0. The third kappa shape index (κ3) is 3.60. The number of fused-ring (bicyclic) bond motifs is 1. The van der Waals surface area contributed by atoms with Crippen LogP contribution in [0, 0.1) is 3.57 Å². The van der Waals surface area contributed by atoms with E-state index in [1.807, 2.05) is 67.6 Å². The number of cyclic esters (lactones) is 1. The first kappa shape index (κ1) is 17.7. The maximum absolute atomic E-state index is 12.4. The van der Waals surface area contributed by atoms with Crippen molar-refractivity contribution in [3.8, 4) is 5.75 Å². The zero-order chi connectivity index (χ0) is 18.8. The third-order valence-electron chi connectivity index (χ3n) is 4.22.